The van der Waals surface area contributed by atoms with Crippen molar-refractivity contribution < 1.29 is 9.09 Å². The number of nitrogens with one attached hydrogen (secondary N) is 1. The molecule has 3 aromatic carbocycles. The molecular weight excluding hydrogens is 379 g/mol. The van der Waals surface area contributed by atoms with E-state index in [1.54, 1.807) is 0 Å². The third-order valence-corrected chi connectivity index (χ3v) is 7.44. The quantitative estimate of drug-likeness (QED) is 0.448. The summed E-state index contributed by atoms with van der Waals surface area (Å²) in [6, 6.07) is 27.6. The lowest BCUT2D eigenvalue weighted by Gasteiger charge is -2.30. The molecule has 0 spiro atoms. The van der Waals surface area contributed by atoms with Gasteiger partial charge in [0.2, 0.25) is 0 Å². The van der Waals surface area contributed by atoms with Gasteiger partial charge in [0.25, 0.3) is 7.37 Å². The van der Waals surface area contributed by atoms with Gasteiger partial charge in [0, 0.05) is 30.8 Å². The van der Waals surface area contributed by atoms with Gasteiger partial charge in [-0.3, -0.25) is 4.57 Å². The van der Waals surface area contributed by atoms with E-state index in [0.717, 1.165) is 23.4 Å². The highest BCUT2D eigenvalue weighted by Crippen LogP contribution is 2.59. The van der Waals surface area contributed by atoms with Crippen molar-refractivity contribution in [2.24, 2.45) is 0 Å². The topological polar surface area (TPSA) is 41.6 Å². The molecule has 3 aromatic rings. The van der Waals surface area contributed by atoms with E-state index in [0.29, 0.717) is 11.9 Å². The fraction of sp³-hybridized carbons (Fsp3) is 0.250. The second-order valence-corrected chi connectivity index (χ2v) is 9.65. The predicted octanol–water partition coefficient (Wildman–Crippen LogP) is 5.89. The smallest absolute Gasteiger partial charge is 0.258 e. The fourth-order valence-electron chi connectivity index (χ4n) is 3.18. The van der Waals surface area contributed by atoms with Crippen LogP contribution >= 0.6 is 7.37 Å². The molecule has 0 unspecified atom stereocenters. The van der Waals surface area contributed by atoms with Crippen molar-refractivity contribution in [2.75, 3.05) is 30.9 Å². The van der Waals surface area contributed by atoms with Crippen LogP contribution in [0.1, 0.15) is 24.7 Å². The number of benzene rings is 3. The molecule has 1 N–H and O–H groups in total. The maximum atomic E-state index is 14.5. The Balaban J connectivity index is 2.08. The highest BCUT2D eigenvalue weighted by molar-refractivity contribution is 7.67. The first-order valence-electron chi connectivity index (χ1n) is 9.93. The Morgan fingerprint density at radius 3 is 2.03 bits per heavy atom. The second-order valence-electron chi connectivity index (χ2n) is 7.16. The third-order valence-electron chi connectivity index (χ3n) is 4.75. The van der Waals surface area contributed by atoms with Crippen molar-refractivity contribution in [3.05, 3.63) is 90.5 Å². The molecule has 152 valence electrons. The first-order valence-corrected chi connectivity index (χ1v) is 11.6. The lowest BCUT2D eigenvalue weighted by Crippen LogP contribution is -2.21. The van der Waals surface area contributed by atoms with E-state index in [1.807, 2.05) is 111 Å². The van der Waals surface area contributed by atoms with Crippen LogP contribution in [0.4, 0.5) is 11.4 Å². The molecule has 0 heterocycles. The molecule has 0 aliphatic carbocycles. The molecule has 0 saturated heterocycles. The molecule has 29 heavy (non-hydrogen) atoms. The van der Waals surface area contributed by atoms with Gasteiger partial charge in [0.05, 0.1) is 6.61 Å². The van der Waals surface area contributed by atoms with Crippen LogP contribution in [0.15, 0.2) is 84.9 Å². The Kier molecular flexibility index (Phi) is 7.13. The molecule has 0 amide bonds. The molecule has 5 heteroatoms. The Labute approximate surface area is 174 Å². The van der Waals surface area contributed by atoms with Gasteiger partial charge in [-0.1, -0.05) is 55.5 Å². The summed E-state index contributed by atoms with van der Waals surface area (Å²) in [4.78, 5) is 2.03. The van der Waals surface area contributed by atoms with Crippen molar-refractivity contribution in [1.29, 1.82) is 0 Å². The highest BCUT2D eigenvalue weighted by atomic mass is 31.2. The Bertz CT molecular complexity index is 928. The molecule has 0 bridgehead atoms. The maximum absolute atomic E-state index is 14.5. The van der Waals surface area contributed by atoms with Crippen LogP contribution in [0.25, 0.3) is 0 Å². The van der Waals surface area contributed by atoms with Crippen LogP contribution in [-0.4, -0.2) is 20.7 Å². The number of hydrogen-bond donors (Lipinski definition) is 1. The first-order chi connectivity index (χ1) is 14.0. The number of rotatable bonds is 9. The van der Waals surface area contributed by atoms with Crippen molar-refractivity contribution in [3.63, 3.8) is 0 Å². The zero-order valence-corrected chi connectivity index (χ0v) is 18.2. The van der Waals surface area contributed by atoms with Crippen LogP contribution in [0.5, 0.6) is 0 Å². The predicted molar refractivity (Wildman–Crippen MR) is 124 cm³/mol. The lowest BCUT2D eigenvalue weighted by atomic mass is 10.2. The van der Waals surface area contributed by atoms with Gasteiger partial charge in [-0.05, 0) is 48.4 Å². The molecule has 0 aliphatic heterocycles. The fourth-order valence-corrected chi connectivity index (χ4v) is 5.67. The molecular formula is C24H29N2O2P. The zero-order valence-electron chi connectivity index (χ0n) is 17.3. The minimum Gasteiger partial charge on any atom is -0.378 e. The summed E-state index contributed by atoms with van der Waals surface area (Å²) >= 11 is 0. The van der Waals surface area contributed by atoms with Gasteiger partial charge in [-0.25, -0.2) is 0 Å². The summed E-state index contributed by atoms with van der Waals surface area (Å²) in [5.74, 6) is -0.483. The highest BCUT2D eigenvalue weighted by Gasteiger charge is 2.37. The molecule has 2 atom stereocenters. The normalized spacial score (nSPS) is 14.0. The van der Waals surface area contributed by atoms with Gasteiger partial charge in [-0.15, -0.1) is 0 Å². The van der Waals surface area contributed by atoms with E-state index < -0.39 is 13.2 Å². The second kappa shape index (κ2) is 9.78. The molecule has 0 aromatic heterocycles. The summed E-state index contributed by atoms with van der Waals surface area (Å²) in [5.41, 5.74) is 2.90. The van der Waals surface area contributed by atoms with E-state index in [2.05, 4.69) is 5.32 Å². The Morgan fingerprint density at radius 2 is 1.48 bits per heavy atom. The number of para-hydroxylation sites is 1. The number of hydrogen-bond acceptors (Lipinski definition) is 4. The van der Waals surface area contributed by atoms with Crippen molar-refractivity contribution in [1.82, 2.24) is 0 Å². The number of nitrogens with zero attached hydrogens (tertiary/aromatic N) is 1. The van der Waals surface area contributed by atoms with Crippen LogP contribution < -0.4 is 15.5 Å². The van der Waals surface area contributed by atoms with E-state index >= 15 is 0 Å². The molecule has 4 nitrogen and oxygen atoms in total. The van der Waals surface area contributed by atoms with E-state index in [1.165, 1.54) is 0 Å². The average Bonchev–Trinajstić information content (AvgIpc) is 2.77. The summed E-state index contributed by atoms with van der Waals surface area (Å²) in [6.45, 7) is 2.47. The van der Waals surface area contributed by atoms with Crippen LogP contribution in [0, 0.1) is 0 Å². The Morgan fingerprint density at radius 1 is 0.897 bits per heavy atom. The van der Waals surface area contributed by atoms with E-state index in [-0.39, 0.29) is 0 Å². The van der Waals surface area contributed by atoms with Gasteiger partial charge in [0.15, 0.2) is 0 Å². The van der Waals surface area contributed by atoms with E-state index in [9.17, 15) is 4.57 Å². The SMILES string of the molecule is CCCO[P@](=O)(c1ccc(N(C)C)cc1)[C@H](Nc1ccccc1)c1ccccc1. The monoisotopic (exact) mass is 408 g/mol. The number of anilines is 2. The summed E-state index contributed by atoms with van der Waals surface area (Å²) in [7, 11) is 0.719. The Hall–Kier alpha value is -2.55. The lowest BCUT2D eigenvalue weighted by molar-refractivity contribution is 0.315. The van der Waals surface area contributed by atoms with E-state index in [4.69, 9.17) is 4.52 Å². The van der Waals surface area contributed by atoms with Gasteiger partial charge >= 0.3 is 0 Å². The maximum Gasteiger partial charge on any atom is 0.258 e. The van der Waals surface area contributed by atoms with Crippen molar-refractivity contribution in [2.45, 2.75) is 19.1 Å². The molecule has 3 rings (SSSR count). The molecule has 0 aliphatic rings. The minimum atomic E-state index is -3.27. The molecule has 0 radical (unpaired) electrons. The van der Waals surface area contributed by atoms with Crippen molar-refractivity contribution in [3.8, 4) is 0 Å². The van der Waals surface area contributed by atoms with Gasteiger partial charge in [-0.2, -0.15) is 0 Å². The minimum absolute atomic E-state index is 0.437. The van der Waals surface area contributed by atoms with Crippen molar-refractivity contribution >= 4 is 24.0 Å². The first kappa shape index (κ1) is 21.2. The zero-order chi connectivity index (χ0) is 20.7. The third kappa shape index (κ3) is 5.09. The van der Waals surface area contributed by atoms with Gasteiger partial charge in [0.1, 0.15) is 5.78 Å². The largest absolute Gasteiger partial charge is 0.378 e. The summed E-state index contributed by atoms with van der Waals surface area (Å²) in [6.07, 6.45) is 0.798. The summed E-state index contributed by atoms with van der Waals surface area (Å²) in [5, 5.41) is 4.20. The van der Waals surface area contributed by atoms with Gasteiger partial charge < -0.3 is 14.7 Å². The van der Waals surface area contributed by atoms with Crippen LogP contribution in [0.3, 0.4) is 0 Å². The van der Waals surface area contributed by atoms with Crippen LogP contribution in [0.2, 0.25) is 0 Å². The average molecular weight is 408 g/mol. The molecule has 0 saturated carbocycles. The molecule has 0 fully saturated rings. The van der Waals surface area contributed by atoms with Crippen LogP contribution in [-0.2, 0) is 9.09 Å². The standard InChI is InChI=1S/C24H29N2O2P/c1-4-19-28-29(27,23-17-15-22(16-18-23)26(2)3)24(20-11-7-5-8-12-20)25-21-13-9-6-10-14-21/h5-18,24-25H,4,19H2,1-3H3/t24-,29+/m0/s1. The summed E-state index contributed by atoms with van der Waals surface area (Å²) < 4.78 is 20.6.